The monoisotopic (exact) mass is 343 g/mol. The number of hydrazone groups is 1. The maximum Gasteiger partial charge on any atom is 0.341 e. The van der Waals surface area contributed by atoms with Crippen LogP contribution < -0.4 is 15.5 Å². The van der Waals surface area contributed by atoms with Gasteiger partial charge in [0.2, 0.25) is 0 Å². The molecule has 0 radical (unpaired) electrons. The lowest BCUT2D eigenvalue weighted by atomic mass is 10.2. The second-order valence-corrected chi connectivity index (χ2v) is 5.17. The maximum absolute atomic E-state index is 10.6. The summed E-state index contributed by atoms with van der Waals surface area (Å²) in [6.45, 7) is 0.190. The van der Waals surface area contributed by atoms with Crippen molar-refractivity contribution in [3.05, 3.63) is 65.7 Å². The summed E-state index contributed by atoms with van der Waals surface area (Å²) >= 11 is 5.14. The predicted octanol–water partition coefficient (Wildman–Crippen LogP) is 2.15. The third-order valence-electron chi connectivity index (χ3n) is 2.94. The first-order chi connectivity index (χ1) is 11.6. The summed E-state index contributed by atoms with van der Waals surface area (Å²) in [4.78, 5) is 10.6. The summed E-state index contributed by atoms with van der Waals surface area (Å²) < 4.78 is 5.19. The van der Waals surface area contributed by atoms with E-state index < -0.39 is 12.6 Å². The molecule has 0 aromatic heterocycles. The lowest BCUT2D eigenvalue weighted by molar-refractivity contribution is -0.139. The van der Waals surface area contributed by atoms with Crippen LogP contribution in [0, 0.1) is 0 Å². The van der Waals surface area contributed by atoms with Gasteiger partial charge in [-0.15, -0.1) is 0 Å². The van der Waals surface area contributed by atoms with Crippen LogP contribution in [0.4, 0.5) is 0 Å². The number of benzene rings is 2. The number of rotatable bonds is 7. The van der Waals surface area contributed by atoms with Crippen molar-refractivity contribution in [3.8, 4) is 5.75 Å². The summed E-state index contributed by atoms with van der Waals surface area (Å²) in [5.41, 5.74) is 4.47. The molecule has 0 saturated heterocycles. The number of nitrogens with one attached hydrogen (secondary N) is 2. The standard InChI is InChI=1S/C17H17N3O3S/c21-16(22)12-23-15-9-5-4-8-14(15)11-19-20-17(24)18-10-13-6-2-1-3-7-13/h1-9,11H,10,12H2,(H,21,22)(H2,18,20,24). The van der Waals surface area contributed by atoms with Gasteiger partial charge in [0.05, 0.1) is 6.21 Å². The van der Waals surface area contributed by atoms with Crippen LogP contribution in [0.3, 0.4) is 0 Å². The molecule has 0 bridgehead atoms. The van der Waals surface area contributed by atoms with Crippen LogP contribution in [-0.2, 0) is 11.3 Å². The molecule has 0 heterocycles. The first-order valence-electron chi connectivity index (χ1n) is 7.19. The van der Waals surface area contributed by atoms with Crippen LogP contribution >= 0.6 is 12.2 Å². The molecule has 2 aromatic carbocycles. The van der Waals surface area contributed by atoms with Gasteiger partial charge in [-0.3, -0.25) is 5.43 Å². The molecule has 7 heteroatoms. The van der Waals surface area contributed by atoms with Gasteiger partial charge in [0.15, 0.2) is 11.7 Å². The number of ether oxygens (including phenoxy) is 1. The first-order valence-corrected chi connectivity index (χ1v) is 7.60. The molecule has 24 heavy (non-hydrogen) atoms. The van der Waals surface area contributed by atoms with Crippen LogP contribution in [0.5, 0.6) is 5.75 Å². The van der Waals surface area contributed by atoms with E-state index in [1.807, 2.05) is 30.3 Å². The van der Waals surface area contributed by atoms with E-state index >= 15 is 0 Å². The number of carboxylic acid groups (broad SMARTS) is 1. The fraction of sp³-hybridized carbons (Fsp3) is 0.118. The Morgan fingerprint density at radius 2 is 1.88 bits per heavy atom. The van der Waals surface area contributed by atoms with Crippen molar-refractivity contribution in [2.75, 3.05) is 6.61 Å². The number of hydrogen-bond donors (Lipinski definition) is 3. The Morgan fingerprint density at radius 3 is 2.62 bits per heavy atom. The molecule has 0 saturated carbocycles. The number of carbonyl (C=O) groups is 1. The fourth-order valence-electron chi connectivity index (χ4n) is 1.84. The van der Waals surface area contributed by atoms with Gasteiger partial charge < -0.3 is 15.2 Å². The first kappa shape index (κ1) is 17.4. The van der Waals surface area contributed by atoms with Crippen LogP contribution in [0.1, 0.15) is 11.1 Å². The number of aliphatic carboxylic acids is 1. The molecule has 0 atom stereocenters. The third kappa shape index (κ3) is 6.05. The molecule has 0 aliphatic heterocycles. The zero-order valence-corrected chi connectivity index (χ0v) is 13.6. The van der Waals surface area contributed by atoms with Crippen molar-refractivity contribution < 1.29 is 14.6 Å². The molecule has 2 rings (SSSR count). The average Bonchev–Trinajstić information content (AvgIpc) is 2.60. The molecule has 2 aromatic rings. The molecule has 0 aliphatic carbocycles. The van der Waals surface area contributed by atoms with Crippen LogP contribution in [-0.4, -0.2) is 29.0 Å². The van der Waals surface area contributed by atoms with E-state index in [1.165, 1.54) is 6.21 Å². The Balaban J connectivity index is 1.85. The second kappa shape index (κ2) is 9.26. The SMILES string of the molecule is O=C(O)COc1ccccc1C=NNC(=S)NCc1ccccc1. The summed E-state index contributed by atoms with van der Waals surface area (Å²) in [5.74, 6) is -0.597. The molecule has 0 fully saturated rings. The number of thiocarbonyl (C=S) groups is 1. The Bertz CT molecular complexity index is 720. The van der Waals surface area contributed by atoms with Gasteiger partial charge in [-0.1, -0.05) is 42.5 Å². The van der Waals surface area contributed by atoms with Crippen molar-refractivity contribution in [2.45, 2.75) is 6.54 Å². The summed E-state index contributed by atoms with van der Waals surface area (Å²) in [7, 11) is 0. The highest BCUT2D eigenvalue weighted by Crippen LogP contribution is 2.15. The van der Waals surface area contributed by atoms with Crippen LogP contribution in [0.15, 0.2) is 59.7 Å². The van der Waals surface area contributed by atoms with Gasteiger partial charge >= 0.3 is 5.97 Å². The van der Waals surface area contributed by atoms with E-state index in [0.717, 1.165) is 5.56 Å². The van der Waals surface area contributed by atoms with Crippen LogP contribution in [0.25, 0.3) is 0 Å². The number of hydrogen-bond acceptors (Lipinski definition) is 4. The van der Waals surface area contributed by atoms with Crippen molar-refractivity contribution in [3.63, 3.8) is 0 Å². The minimum Gasteiger partial charge on any atom is -0.481 e. The largest absolute Gasteiger partial charge is 0.481 e. The van der Waals surface area contributed by atoms with Gasteiger partial charge in [-0.25, -0.2) is 4.79 Å². The summed E-state index contributed by atoms with van der Waals surface area (Å²) in [5, 5.41) is 16.1. The molecule has 0 unspecified atom stereocenters. The lowest BCUT2D eigenvalue weighted by Crippen LogP contribution is -2.31. The molecular formula is C17H17N3O3S. The molecule has 0 amide bonds. The van der Waals surface area contributed by atoms with Gasteiger partial charge in [-0.05, 0) is 29.9 Å². The molecule has 124 valence electrons. The van der Waals surface area contributed by atoms with Gasteiger partial charge in [0, 0.05) is 12.1 Å². The van der Waals surface area contributed by atoms with Gasteiger partial charge in [0.1, 0.15) is 5.75 Å². The summed E-state index contributed by atoms with van der Waals surface area (Å²) in [6.07, 6.45) is 1.52. The maximum atomic E-state index is 10.6. The Kier molecular flexibility index (Phi) is 6.73. The number of nitrogens with zero attached hydrogens (tertiary/aromatic N) is 1. The Hall–Kier alpha value is -2.93. The molecule has 3 N–H and O–H groups in total. The van der Waals surface area contributed by atoms with E-state index in [1.54, 1.807) is 24.3 Å². The average molecular weight is 343 g/mol. The van der Waals surface area contributed by atoms with Crippen LogP contribution in [0.2, 0.25) is 0 Å². The van der Waals surface area contributed by atoms with E-state index in [2.05, 4.69) is 15.8 Å². The van der Waals surface area contributed by atoms with Crippen molar-refractivity contribution in [2.24, 2.45) is 5.10 Å². The quantitative estimate of drug-likeness (QED) is 0.406. The zero-order valence-electron chi connectivity index (χ0n) is 12.8. The number of carboxylic acids is 1. The van der Waals surface area contributed by atoms with E-state index in [0.29, 0.717) is 23.0 Å². The molecule has 0 spiro atoms. The topological polar surface area (TPSA) is 83.0 Å². The van der Waals surface area contributed by atoms with Crippen molar-refractivity contribution in [1.82, 2.24) is 10.7 Å². The number of para-hydroxylation sites is 1. The normalized spacial score (nSPS) is 10.3. The summed E-state index contributed by atoms with van der Waals surface area (Å²) in [6, 6.07) is 16.9. The highest BCUT2D eigenvalue weighted by atomic mass is 32.1. The highest BCUT2D eigenvalue weighted by molar-refractivity contribution is 7.80. The van der Waals surface area contributed by atoms with Gasteiger partial charge in [0.25, 0.3) is 0 Å². The van der Waals surface area contributed by atoms with Crippen molar-refractivity contribution in [1.29, 1.82) is 0 Å². The lowest BCUT2D eigenvalue weighted by Gasteiger charge is -2.08. The third-order valence-corrected chi connectivity index (χ3v) is 3.17. The fourth-order valence-corrected chi connectivity index (χ4v) is 1.96. The minimum absolute atomic E-state index is 0.388. The molecule has 0 aliphatic rings. The molecule has 6 nitrogen and oxygen atoms in total. The Morgan fingerprint density at radius 1 is 1.17 bits per heavy atom. The molecular weight excluding hydrogens is 326 g/mol. The van der Waals surface area contributed by atoms with E-state index in [9.17, 15) is 4.79 Å². The van der Waals surface area contributed by atoms with E-state index in [4.69, 9.17) is 22.1 Å². The zero-order chi connectivity index (χ0) is 17.2. The van der Waals surface area contributed by atoms with Gasteiger partial charge in [-0.2, -0.15) is 5.10 Å². The second-order valence-electron chi connectivity index (χ2n) is 4.76. The minimum atomic E-state index is -1.04. The Labute approximate surface area is 145 Å². The van der Waals surface area contributed by atoms with E-state index in [-0.39, 0.29) is 0 Å². The predicted molar refractivity (Wildman–Crippen MR) is 96.2 cm³/mol. The highest BCUT2D eigenvalue weighted by Gasteiger charge is 2.03. The smallest absolute Gasteiger partial charge is 0.341 e. The van der Waals surface area contributed by atoms with Crippen molar-refractivity contribution >= 4 is 29.5 Å².